The van der Waals surface area contributed by atoms with E-state index in [9.17, 15) is 14.9 Å². The molecule has 2 aromatic rings. The van der Waals surface area contributed by atoms with E-state index in [1.165, 1.54) is 9.25 Å². The molecule has 246 valence electrons. The van der Waals surface area contributed by atoms with E-state index in [0.717, 1.165) is 0 Å². The van der Waals surface area contributed by atoms with E-state index in [1.54, 1.807) is 41.0 Å². The van der Waals surface area contributed by atoms with E-state index < -0.39 is 42.0 Å². The zero-order chi connectivity index (χ0) is 34.3. The first kappa shape index (κ1) is 37.8. The summed E-state index contributed by atoms with van der Waals surface area (Å²) in [5.74, 6) is 0. The van der Waals surface area contributed by atoms with Crippen LogP contribution in [0.5, 0.6) is 0 Å². The molecule has 2 rings (SSSR count). The van der Waals surface area contributed by atoms with Crippen LogP contribution in [0.25, 0.3) is 5.69 Å². The van der Waals surface area contributed by atoms with Crippen molar-refractivity contribution in [3.05, 3.63) is 63.6 Å². The first-order chi connectivity index (χ1) is 19.9. The summed E-state index contributed by atoms with van der Waals surface area (Å²) in [5.41, 5.74) is -2.33. The van der Waals surface area contributed by atoms with Crippen LogP contribution in [-0.4, -0.2) is 38.5 Å². The van der Waals surface area contributed by atoms with E-state index in [1.807, 2.05) is 6.07 Å². The van der Waals surface area contributed by atoms with Gasteiger partial charge in [0.1, 0.15) is 6.07 Å². The highest BCUT2D eigenvalue weighted by Crippen LogP contribution is 2.45. The van der Waals surface area contributed by atoms with Crippen molar-refractivity contribution in [1.29, 1.82) is 5.26 Å². The lowest BCUT2D eigenvalue weighted by molar-refractivity contribution is 0.0602. The number of hydrogen-bond acceptors (Lipinski definition) is 5. The molecule has 0 aliphatic carbocycles. The highest BCUT2D eigenvalue weighted by molar-refractivity contribution is 6.81. The van der Waals surface area contributed by atoms with Gasteiger partial charge in [-0.3, -0.25) is 4.35 Å². The summed E-state index contributed by atoms with van der Waals surface area (Å²) in [5, 5.41) is 10.9. The SMILES string of the molecule is CC(C)[Si](C(C)C)(C(C)C)n1c(=O)n(-c2ccccc2)c(=O)n1C(C#N)(/C=C/O[Si](C)(C)C(C)(C)C)O[Si](C)(C)C(C)(C)C. The largest absolute Gasteiger partial charge is 0.549 e. The molecule has 1 atom stereocenters. The van der Waals surface area contributed by atoms with Gasteiger partial charge in [0.15, 0.2) is 16.6 Å². The van der Waals surface area contributed by atoms with Crippen LogP contribution in [0.4, 0.5) is 0 Å². The van der Waals surface area contributed by atoms with Gasteiger partial charge in [0.25, 0.3) is 5.72 Å². The third-order valence-electron chi connectivity index (χ3n) is 10.3. The molecule has 11 heteroatoms. The predicted molar refractivity (Wildman–Crippen MR) is 190 cm³/mol. The number of aromatic nitrogens is 3. The summed E-state index contributed by atoms with van der Waals surface area (Å²) in [4.78, 5) is 29.6. The first-order valence-electron chi connectivity index (χ1n) is 15.9. The zero-order valence-electron chi connectivity index (χ0n) is 30.2. The molecule has 1 unspecified atom stereocenters. The highest BCUT2D eigenvalue weighted by atomic mass is 28.4. The minimum Gasteiger partial charge on any atom is -0.549 e. The third kappa shape index (κ3) is 6.59. The van der Waals surface area contributed by atoms with Crippen LogP contribution < -0.4 is 11.4 Å². The molecule has 0 aliphatic heterocycles. The molecule has 0 amide bonds. The topological polar surface area (TPSA) is 91.2 Å². The first-order valence-corrected chi connectivity index (χ1v) is 23.9. The maximum atomic E-state index is 14.8. The molecule has 0 saturated carbocycles. The monoisotopic (exact) mass is 658 g/mol. The Hall–Kier alpha value is -2.40. The summed E-state index contributed by atoms with van der Waals surface area (Å²) in [6.07, 6.45) is 3.14. The lowest BCUT2D eigenvalue weighted by Crippen LogP contribution is -2.63. The van der Waals surface area contributed by atoms with Gasteiger partial charge in [0.05, 0.1) is 11.9 Å². The van der Waals surface area contributed by atoms with Crippen LogP contribution >= 0.6 is 0 Å². The minimum atomic E-state index is -2.92. The van der Waals surface area contributed by atoms with E-state index in [2.05, 4.69) is 115 Å². The molecule has 0 aliphatic rings. The van der Waals surface area contributed by atoms with Gasteiger partial charge < -0.3 is 8.85 Å². The Morgan fingerprint density at radius 3 is 1.61 bits per heavy atom. The summed E-state index contributed by atoms with van der Waals surface area (Å²) in [6.45, 7) is 33.9. The van der Waals surface area contributed by atoms with Gasteiger partial charge in [0, 0.05) is 6.08 Å². The summed E-state index contributed by atoms with van der Waals surface area (Å²) >= 11 is 0. The van der Waals surface area contributed by atoms with E-state index in [-0.39, 0.29) is 26.7 Å². The molecule has 0 bridgehead atoms. The highest BCUT2D eigenvalue weighted by Gasteiger charge is 2.54. The van der Waals surface area contributed by atoms with E-state index in [4.69, 9.17) is 8.85 Å². The molecule has 0 spiro atoms. The lowest BCUT2D eigenvalue weighted by Gasteiger charge is -2.47. The zero-order valence-corrected chi connectivity index (χ0v) is 33.2. The second-order valence-electron chi connectivity index (χ2n) is 16.1. The van der Waals surface area contributed by atoms with Gasteiger partial charge in [-0.2, -0.15) is 9.94 Å². The molecular weight excluding hydrogens is 601 g/mol. The maximum absolute atomic E-state index is 14.8. The number of para-hydroxylation sites is 1. The average molecular weight is 659 g/mol. The standard InChI is InChI=1S/C33H58N4O4Si3/c1-25(2)44(26(3)4,27(5)6)37-30(39)35(28-20-18-17-19-21-28)29(38)36(37)33(24-34,41-43(15,16)32(10,11)12)22-23-40-42(13,14)31(7,8)9/h17-23,25-27H,1-16H3/b23-22+. The molecular formula is C33H58N4O4Si3. The number of rotatable bonds is 11. The Morgan fingerprint density at radius 2 is 1.23 bits per heavy atom. The van der Waals surface area contributed by atoms with Gasteiger partial charge in [-0.1, -0.05) is 101 Å². The fraction of sp³-hybridized carbons (Fsp3) is 0.667. The van der Waals surface area contributed by atoms with Crippen molar-refractivity contribution < 1.29 is 8.85 Å². The Morgan fingerprint density at radius 1 is 0.773 bits per heavy atom. The maximum Gasteiger partial charge on any atom is 0.354 e. The number of nitrogens with zero attached hydrogens (tertiary/aromatic N) is 4. The van der Waals surface area contributed by atoms with Crippen LogP contribution in [0, 0.1) is 11.3 Å². The Kier molecular flexibility index (Phi) is 11.0. The van der Waals surface area contributed by atoms with Gasteiger partial charge in [0.2, 0.25) is 8.32 Å². The van der Waals surface area contributed by atoms with Crippen molar-refractivity contribution in [1.82, 2.24) is 13.6 Å². The van der Waals surface area contributed by atoms with Crippen LogP contribution in [-0.2, 0) is 14.6 Å². The number of benzene rings is 1. The normalized spacial score (nSPS) is 15.3. The summed E-state index contributed by atoms with van der Waals surface area (Å²) in [6, 6.07) is 11.4. The quantitative estimate of drug-likeness (QED) is 0.178. The van der Waals surface area contributed by atoms with E-state index >= 15 is 0 Å². The van der Waals surface area contributed by atoms with Gasteiger partial charge in [-0.15, -0.1) is 0 Å². The molecule has 1 aromatic carbocycles. The van der Waals surface area contributed by atoms with Gasteiger partial charge in [-0.25, -0.2) is 14.2 Å². The van der Waals surface area contributed by atoms with Crippen molar-refractivity contribution in [2.24, 2.45) is 0 Å². The molecule has 0 fully saturated rings. The van der Waals surface area contributed by atoms with Crippen LogP contribution in [0.1, 0.15) is 83.1 Å². The lowest BCUT2D eigenvalue weighted by atomic mass is 10.2. The molecule has 1 heterocycles. The summed E-state index contributed by atoms with van der Waals surface area (Å²) in [7, 11) is -7.94. The fourth-order valence-corrected chi connectivity index (χ4v) is 14.4. The number of hydrogen-bond donors (Lipinski definition) is 0. The Bertz CT molecular complexity index is 1460. The Balaban J connectivity index is 3.28. The van der Waals surface area contributed by atoms with Crippen molar-refractivity contribution >= 4 is 24.9 Å². The van der Waals surface area contributed by atoms with E-state index in [0.29, 0.717) is 5.69 Å². The van der Waals surface area contributed by atoms with Gasteiger partial charge in [-0.05, 0) is 65.0 Å². The predicted octanol–water partition coefficient (Wildman–Crippen LogP) is 8.56. The van der Waals surface area contributed by atoms with Gasteiger partial charge >= 0.3 is 11.4 Å². The summed E-state index contributed by atoms with van der Waals surface area (Å²) < 4.78 is 17.7. The Labute approximate surface area is 269 Å². The van der Waals surface area contributed by atoms with Crippen molar-refractivity contribution in [3.63, 3.8) is 0 Å². The van der Waals surface area contributed by atoms with Crippen LogP contribution in [0.3, 0.4) is 0 Å². The molecule has 1 aromatic heterocycles. The van der Waals surface area contributed by atoms with Crippen LogP contribution in [0.15, 0.2) is 52.3 Å². The minimum absolute atomic E-state index is 0.0641. The van der Waals surface area contributed by atoms with Crippen molar-refractivity contribution in [2.75, 3.05) is 0 Å². The van der Waals surface area contributed by atoms with Crippen molar-refractivity contribution in [3.8, 4) is 11.8 Å². The smallest absolute Gasteiger partial charge is 0.354 e. The van der Waals surface area contributed by atoms with Crippen LogP contribution in [0.2, 0.25) is 52.9 Å². The molecule has 8 nitrogen and oxygen atoms in total. The molecule has 0 radical (unpaired) electrons. The fourth-order valence-electron chi connectivity index (χ4n) is 5.87. The average Bonchev–Trinajstić information content (AvgIpc) is 3.12. The third-order valence-corrected chi connectivity index (χ3v) is 25.7. The number of nitriles is 1. The molecule has 0 saturated heterocycles. The van der Waals surface area contributed by atoms with Crippen molar-refractivity contribution in [2.45, 2.75) is 142 Å². The molecule has 0 N–H and O–H groups in total. The second-order valence-corrected chi connectivity index (χ2v) is 31.2. The molecule has 44 heavy (non-hydrogen) atoms. The second kappa shape index (κ2) is 12.8.